The minimum Gasteiger partial charge on any atom is -0.286 e. The maximum Gasteiger partial charge on any atom is 0.157 e. The molecule has 0 aromatic heterocycles. The average molecular weight is 158 g/mol. The van der Waals surface area contributed by atoms with Gasteiger partial charge in [-0.1, -0.05) is 12.8 Å². The summed E-state index contributed by atoms with van der Waals surface area (Å²) in [6.07, 6.45) is 6.06. The van der Waals surface area contributed by atoms with Gasteiger partial charge in [0.15, 0.2) is 11.1 Å². The van der Waals surface area contributed by atoms with E-state index in [1.54, 1.807) is 0 Å². The summed E-state index contributed by atoms with van der Waals surface area (Å²) in [6, 6.07) is 0. The molecule has 0 spiro atoms. The molecule has 2 nitrogen and oxygen atoms in total. The maximum atomic E-state index is 10.8. The highest BCUT2D eigenvalue weighted by Crippen LogP contribution is 2.21. The van der Waals surface area contributed by atoms with Crippen LogP contribution in [0.25, 0.3) is 0 Å². The first kappa shape index (κ1) is 7.77. The van der Waals surface area contributed by atoms with Gasteiger partial charge < -0.3 is 0 Å². The minimum absolute atomic E-state index is 0.0193. The molecule has 3 atom stereocenters. The number of hydrogen-bond acceptors (Lipinski definition) is 2. The van der Waals surface area contributed by atoms with Gasteiger partial charge in [-0.15, -0.1) is 6.42 Å². The second-order valence-electron chi connectivity index (χ2n) is 2.29. The molecule has 56 valence electrons. The van der Waals surface area contributed by atoms with Crippen LogP contribution < -0.4 is 0 Å². The molecule has 3 unspecified atom stereocenters. The Morgan fingerprint density at radius 1 is 1.90 bits per heavy atom. The van der Waals surface area contributed by atoms with Crippen molar-refractivity contribution in [2.75, 3.05) is 5.75 Å². The lowest BCUT2D eigenvalue weighted by Crippen LogP contribution is -2.13. The van der Waals surface area contributed by atoms with Gasteiger partial charge in [-0.05, 0) is 6.42 Å². The van der Waals surface area contributed by atoms with E-state index in [2.05, 4.69) is 5.92 Å². The van der Waals surface area contributed by atoms with Crippen molar-refractivity contribution in [1.29, 1.82) is 0 Å². The molecular formula is C7H10O2S. The van der Waals surface area contributed by atoms with Crippen LogP contribution in [0, 0.1) is 18.3 Å². The summed E-state index contributed by atoms with van der Waals surface area (Å²) >= 11 is -1.13. The highest BCUT2D eigenvalue weighted by Gasteiger charge is 2.30. The Balaban J connectivity index is 2.59. The predicted octanol–water partition coefficient (Wildman–Crippen LogP) is 0.708. The topological polar surface area (TPSA) is 26.3 Å². The third kappa shape index (κ3) is 1.39. The molecule has 0 amide bonds. The van der Waals surface area contributed by atoms with Crippen LogP contribution in [0.4, 0.5) is 0 Å². The first-order chi connectivity index (χ1) is 4.77. The molecule has 1 saturated heterocycles. The molecule has 0 aromatic carbocycles. The molecular weight excluding hydrogens is 148 g/mol. The van der Waals surface area contributed by atoms with E-state index in [-0.39, 0.29) is 12.0 Å². The van der Waals surface area contributed by atoms with E-state index < -0.39 is 11.1 Å². The predicted molar refractivity (Wildman–Crippen MR) is 40.5 cm³/mol. The second kappa shape index (κ2) is 3.18. The van der Waals surface area contributed by atoms with Gasteiger partial charge in [0.05, 0.1) is 17.8 Å². The Kier molecular flexibility index (Phi) is 2.47. The summed E-state index contributed by atoms with van der Waals surface area (Å²) < 4.78 is 15.8. The average Bonchev–Trinajstić information content (AvgIpc) is 2.30. The fraction of sp³-hybridized carbons (Fsp3) is 0.714. The third-order valence-electron chi connectivity index (χ3n) is 1.61. The first-order valence-corrected chi connectivity index (χ1v) is 4.54. The fourth-order valence-electron chi connectivity index (χ4n) is 1.01. The van der Waals surface area contributed by atoms with Gasteiger partial charge in [0.25, 0.3) is 0 Å². The van der Waals surface area contributed by atoms with Crippen molar-refractivity contribution in [2.45, 2.75) is 19.4 Å². The van der Waals surface area contributed by atoms with Crippen molar-refractivity contribution in [3.63, 3.8) is 0 Å². The summed E-state index contributed by atoms with van der Waals surface area (Å²) in [5.74, 6) is 3.15. The van der Waals surface area contributed by atoms with Crippen molar-refractivity contribution in [3.05, 3.63) is 0 Å². The lowest BCUT2D eigenvalue weighted by Gasteiger charge is -2.06. The van der Waals surface area contributed by atoms with Gasteiger partial charge in [0, 0.05) is 0 Å². The van der Waals surface area contributed by atoms with E-state index in [0.717, 1.165) is 6.42 Å². The summed E-state index contributed by atoms with van der Waals surface area (Å²) in [4.78, 5) is 0. The van der Waals surface area contributed by atoms with Gasteiger partial charge >= 0.3 is 0 Å². The quantitative estimate of drug-likeness (QED) is 0.525. The zero-order chi connectivity index (χ0) is 7.56. The Morgan fingerprint density at radius 3 is 3.00 bits per heavy atom. The third-order valence-corrected chi connectivity index (χ3v) is 2.70. The van der Waals surface area contributed by atoms with E-state index in [0.29, 0.717) is 5.75 Å². The monoisotopic (exact) mass is 158 g/mol. The molecule has 0 saturated carbocycles. The van der Waals surface area contributed by atoms with E-state index in [4.69, 9.17) is 10.6 Å². The zero-order valence-electron chi connectivity index (χ0n) is 5.87. The lowest BCUT2D eigenvalue weighted by molar-refractivity contribution is 0.217. The number of rotatable bonds is 1. The molecule has 0 aliphatic carbocycles. The van der Waals surface area contributed by atoms with Crippen LogP contribution in [-0.4, -0.2) is 16.1 Å². The molecule has 1 aliphatic heterocycles. The second-order valence-corrected chi connectivity index (χ2v) is 3.42. The molecule has 1 rings (SSSR count). The molecule has 0 radical (unpaired) electrons. The van der Waals surface area contributed by atoms with E-state index >= 15 is 0 Å². The standard InChI is InChI=1S/C7H10O2S/c1-3-6-5-10(8)9-7(6)4-2/h1,6-7H,4-5H2,2H3. The van der Waals surface area contributed by atoms with E-state index in [1.165, 1.54) is 0 Å². The molecule has 10 heavy (non-hydrogen) atoms. The highest BCUT2D eigenvalue weighted by atomic mass is 32.2. The Bertz CT molecular complexity index is 183. The maximum absolute atomic E-state index is 10.8. The minimum atomic E-state index is -1.13. The SMILES string of the molecule is C#CC1CS(=O)OC1CC. The summed E-state index contributed by atoms with van der Waals surface area (Å²) in [6.45, 7) is 1.98. The van der Waals surface area contributed by atoms with Gasteiger partial charge in [0.2, 0.25) is 0 Å². The number of hydrogen-bond donors (Lipinski definition) is 0. The molecule has 1 fully saturated rings. The van der Waals surface area contributed by atoms with E-state index in [9.17, 15) is 4.21 Å². The van der Waals surface area contributed by atoms with Crippen molar-refractivity contribution < 1.29 is 8.39 Å². The van der Waals surface area contributed by atoms with Crippen LogP contribution in [0.2, 0.25) is 0 Å². The zero-order valence-corrected chi connectivity index (χ0v) is 6.69. The normalized spacial score (nSPS) is 39.4. The number of terminal acetylenes is 1. The Morgan fingerprint density at radius 2 is 2.60 bits per heavy atom. The molecule has 0 N–H and O–H groups in total. The van der Waals surface area contributed by atoms with E-state index in [1.807, 2.05) is 6.92 Å². The van der Waals surface area contributed by atoms with Gasteiger partial charge in [0.1, 0.15) is 0 Å². The molecule has 0 bridgehead atoms. The van der Waals surface area contributed by atoms with Crippen molar-refractivity contribution in [2.24, 2.45) is 5.92 Å². The Hall–Kier alpha value is -0.330. The van der Waals surface area contributed by atoms with Crippen molar-refractivity contribution in [1.82, 2.24) is 0 Å². The first-order valence-electron chi connectivity index (χ1n) is 3.29. The summed E-state index contributed by atoms with van der Waals surface area (Å²) in [5.41, 5.74) is 0. The van der Waals surface area contributed by atoms with Gasteiger partial charge in [-0.25, -0.2) is 4.21 Å². The van der Waals surface area contributed by atoms with Crippen LogP contribution in [-0.2, 0) is 15.3 Å². The molecule has 1 heterocycles. The van der Waals surface area contributed by atoms with Crippen molar-refractivity contribution in [3.8, 4) is 12.3 Å². The van der Waals surface area contributed by atoms with Gasteiger partial charge in [-0.2, -0.15) is 0 Å². The fourth-order valence-corrected chi connectivity index (χ4v) is 2.23. The largest absolute Gasteiger partial charge is 0.286 e. The van der Waals surface area contributed by atoms with Crippen LogP contribution in [0.5, 0.6) is 0 Å². The Labute approximate surface area is 63.6 Å². The summed E-state index contributed by atoms with van der Waals surface area (Å²) in [7, 11) is 0. The molecule has 1 aliphatic rings. The van der Waals surface area contributed by atoms with Crippen LogP contribution in [0.1, 0.15) is 13.3 Å². The van der Waals surface area contributed by atoms with Gasteiger partial charge in [-0.3, -0.25) is 4.18 Å². The molecule has 0 aromatic rings. The van der Waals surface area contributed by atoms with Crippen LogP contribution in [0.15, 0.2) is 0 Å². The van der Waals surface area contributed by atoms with Crippen LogP contribution in [0.3, 0.4) is 0 Å². The smallest absolute Gasteiger partial charge is 0.157 e. The highest BCUT2D eigenvalue weighted by molar-refractivity contribution is 7.80. The molecule has 3 heteroatoms. The van der Waals surface area contributed by atoms with Crippen LogP contribution >= 0.6 is 0 Å². The summed E-state index contributed by atoms with van der Waals surface area (Å²) in [5, 5.41) is 0. The van der Waals surface area contributed by atoms with Crippen molar-refractivity contribution >= 4 is 11.1 Å². The lowest BCUT2D eigenvalue weighted by atomic mass is 10.0.